The number of rotatable bonds is 4. The van der Waals surface area contributed by atoms with E-state index in [0.717, 1.165) is 5.56 Å². The highest BCUT2D eigenvalue weighted by atomic mass is 16.4. The van der Waals surface area contributed by atoms with Gasteiger partial charge >= 0.3 is 5.76 Å². The maximum absolute atomic E-state index is 12.1. The Bertz CT molecular complexity index is 954. The van der Waals surface area contributed by atoms with Crippen molar-refractivity contribution in [3.63, 3.8) is 0 Å². The lowest BCUT2D eigenvalue weighted by atomic mass is 10.1. The van der Waals surface area contributed by atoms with Crippen molar-refractivity contribution in [3.05, 3.63) is 64.1 Å². The van der Waals surface area contributed by atoms with Crippen LogP contribution in [0.2, 0.25) is 0 Å². The molecule has 122 valence electrons. The third kappa shape index (κ3) is 3.52. The molecule has 0 unspecified atom stereocenters. The molecule has 3 aromatic rings. The summed E-state index contributed by atoms with van der Waals surface area (Å²) in [7, 11) is 0. The lowest BCUT2D eigenvalue weighted by Gasteiger charge is -2.07. The molecule has 0 bridgehead atoms. The Morgan fingerprint density at radius 1 is 1.12 bits per heavy atom. The van der Waals surface area contributed by atoms with Gasteiger partial charge in [0.1, 0.15) is 0 Å². The minimum atomic E-state index is -0.509. The monoisotopic (exact) mass is 325 g/mol. The molecule has 0 aliphatic rings. The number of benzene rings is 2. The van der Waals surface area contributed by atoms with Crippen molar-refractivity contribution in [2.45, 2.75) is 13.5 Å². The third-order valence-corrected chi connectivity index (χ3v) is 3.40. The Morgan fingerprint density at radius 3 is 2.58 bits per heavy atom. The van der Waals surface area contributed by atoms with E-state index >= 15 is 0 Å². The smallest absolute Gasteiger partial charge is 0.408 e. The molecule has 1 heterocycles. The fraction of sp³-hybridized carbons (Fsp3) is 0.118. The molecule has 2 aromatic carbocycles. The lowest BCUT2D eigenvalue weighted by molar-refractivity contribution is -0.114. The minimum Gasteiger partial charge on any atom is -0.408 e. The van der Waals surface area contributed by atoms with Crippen molar-refractivity contribution >= 4 is 28.6 Å². The van der Waals surface area contributed by atoms with Gasteiger partial charge in [-0.1, -0.05) is 6.07 Å². The lowest BCUT2D eigenvalue weighted by Crippen LogP contribution is -2.22. The second-order valence-electron chi connectivity index (χ2n) is 5.29. The van der Waals surface area contributed by atoms with Crippen molar-refractivity contribution in [1.82, 2.24) is 10.3 Å². The Labute approximate surface area is 136 Å². The number of carbonyl (C=O) groups is 2. The summed E-state index contributed by atoms with van der Waals surface area (Å²) in [5.74, 6) is -0.907. The van der Waals surface area contributed by atoms with Crippen molar-refractivity contribution < 1.29 is 14.0 Å². The molecule has 0 fully saturated rings. The van der Waals surface area contributed by atoms with E-state index in [1.165, 1.54) is 6.92 Å². The fourth-order valence-corrected chi connectivity index (χ4v) is 2.30. The first-order chi connectivity index (χ1) is 11.5. The largest absolute Gasteiger partial charge is 0.417 e. The van der Waals surface area contributed by atoms with E-state index in [9.17, 15) is 14.4 Å². The van der Waals surface area contributed by atoms with Crippen LogP contribution in [0.4, 0.5) is 5.69 Å². The summed E-state index contributed by atoms with van der Waals surface area (Å²) < 4.78 is 4.93. The maximum Gasteiger partial charge on any atom is 0.417 e. The molecule has 0 spiro atoms. The number of amides is 2. The van der Waals surface area contributed by atoms with E-state index in [4.69, 9.17) is 4.42 Å². The molecule has 0 aliphatic heterocycles. The molecule has 0 radical (unpaired) electrons. The molecule has 7 heteroatoms. The molecule has 0 saturated heterocycles. The average molecular weight is 325 g/mol. The Kier molecular flexibility index (Phi) is 4.15. The van der Waals surface area contributed by atoms with Gasteiger partial charge in [-0.25, -0.2) is 4.79 Å². The number of hydrogen-bond acceptors (Lipinski definition) is 4. The number of anilines is 1. The predicted octanol–water partition coefficient (Wildman–Crippen LogP) is 2.01. The highest BCUT2D eigenvalue weighted by Crippen LogP contribution is 2.13. The molecule has 0 aliphatic carbocycles. The van der Waals surface area contributed by atoms with Crippen LogP contribution in [0.25, 0.3) is 11.1 Å². The molecule has 2 amide bonds. The number of H-pyrrole nitrogens is 1. The van der Waals surface area contributed by atoms with Gasteiger partial charge < -0.3 is 15.1 Å². The SMILES string of the molecule is CC(=O)Nc1ccc(C(=O)NCc2ccc3oc(=O)[nH]c3c2)cc1. The van der Waals surface area contributed by atoms with Crippen LogP contribution in [0.3, 0.4) is 0 Å². The van der Waals surface area contributed by atoms with Crippen LogP contribution in [0, 0.1) is 0 Å². The molecule has 1 aromatic heterocycles. The van der Waals surface area contributed by atoms with Gasteiger partial charge in [0, 0.05) is 24.7 Å². The van der Waals surface area contributed by atoms with Crippen LogP contribution in [-0.2, 0) is 11.3 Å². The van der Waals surface area contributed by atoms with Crippen molar-refractivity contribution in [2.24, 2.45) is 0 Å². The summed E-state index contributed by atoms with van der Waals surface area (Å²) in [6.07, 6.45) is 0. The number of aromatic nitrogens is 1. The number of carbonyl (C=O) groups excluding carboxylic acids is 2. The van der Waals surface area contributed by atoms with Gasteiger partial charge in [0.25, 0.3) is 5.91 Å². The molecule has 24 heavy (non-hydrogen) atoms. The fourth-order valence-electron chi connectivity index (χ4n) is 2.30. The summed E-state index contributed by atoms with van der Waals surface area (Å²) in [6.45, 7) is 1.74. The van der Waals surface area contributed by atoms with Crippen LogP contribution in [0.1, 0.15) is 22.8 Å². The van der Waals surface area contributed by atoms with E-state index in [1.807, 2.05) is 0 Å². The number of aromatic amines is 1. The van der Waals surface area contributed by atoms with E-state index in [1.54, 1.807) is 42.5 Å². The molecular formula is C17H15N3O4. The first-order valence-electron chi connectivity index (χ1n) is 7.29. The molecule has 7 nitrogen and oxygen atoms in total. The van der Waals surface area contributed by atoms with Gasteiger partial charge in [-0.2, -0.15) is 0 Å². The zero-order valence-corrected chi connectivity index (χ0v) is 12.9. The van der Waals surface area contributed by atoms with Crippen LogP contribution < -0.4 is 16.4 Å². The Morgan fingerprint density at radius 2 is 1.88 bits per heavy atom. The summed E-state index contributed by atoms with van der Waals surface area (Å²) in [5, 5.41) is 5.44. The van der Waals surface area contributed by atoms with Crippen LogP contribution in [0.5, 0.6) is 0 Å². The van der Waals surface area contributed by atoms with Gasteiger partial charge in [-0.15, -0.1) is 0 Å². The van der Waals surface area contributed by atoms with Crippen molar-refractivity contribution in [3.8, 4) is 0 Å². The Hall–Kier alpha value is -3.35. The van der Waals surface area contributed by atoms with Gasteiger partial charge in [0.2, 0.25) is 5.91 Å². The quantitative estimate of drug-likeness (QED) is 0.682. The average Bonchev–Trinajstić information content (AvgIpc) is 2.92. The van der Waals surface area contributed by atoms with Crippen LogP contribution >= 0.6 is 0 Å². The second kappa shape index (κ2) is 6.41. The van der Waals surface area contributed by atoms with Gasteiger partial charge in [-0.3, -0.25) is 14.6 Å². The summed E-state index contributed by atoms with van der Waals surface area (Å²) in [6, 6.07) is 11.8. The number of nitrogens with one attached hydrogen (secondary N) is 3. The van der Waals surface area contributed by atoms with Crippen LogP contribution in [-0.4, -0.2) is 16.8 Å². The number of oxazole rings is 1. The second-order valence-corrected chi connectivity index (χ2v) is 5.29. The Balaban J connectivity index is 1.65. The maximum atomic E-state index is 12.1. The zero-order valence-electron chi connectivity index (χ0n) is 12.9. The zero-order chi connectivity index (χ0) is 17.1. The first kappa shape index (κ1) is 15.5. The van der Waals surface area contributed by atoms with Crippen molar-refractivity contribution in [1.29, 1.82) is 0 Å². The molecule has 0 atom stereocenters. The standard InChI is InChI=1S/C17H15N3O4/c1-10(21)19-13-5-3-12(4-6-13)16(22)18-9-11-2-7-15-14(8-11)20-17(23)24-15/h2-8H,9H2,1H3,(H,18,22)(H,19,21)(H,20,23). The molecule has 0 saturated carbocycles. The molecule has 3 N–H and O–H groups in total. The number of hydrogen-bond donors (Lipinski definition) is 3. The number of fused-ring (bicyclic) bond motifs is 1. The van der Waals surface area contributed by atoms with E-state index in [-0.39, 0.29) is 11.8 Å². The van der Waals surface area contributed by atoms with E-state index in [0.29, 0.717) is 28.9 Å². The van der Waals surface area contributed by atoms with Crippen molar-refractivity contribution in [2.75, 3.05) is 5.32 Å². The summed E-state index contributed by atoms with van der Waals surface area (Å²) in [4.78, 5) is 36.8. The van der Waals surface area contributed by atoms with Gasteiger partial charge in [0.15, 0.2) is 5.58 Å². The highest BCUT2D eigenvalue weighted by Gasteiger charge is 2.07. The summed E-state index contributed by atoms with van der Waals surface area (Å²) in [5.41, 5.74) is 3.02. The third-order valence-electron chi connectivity index (χ3n) is 3.40. The van der Waals surface area contributed by atoms with E-state index in [2.05, 4.69) is 15.6 Å². The molecule has 3 rings (SSSR count). The summed E-state index contributed by atoms with van der Waals surface area (Å²) >= 11 is 0. The van der Waals surface area contributed by atoms with Gasteiger partial charge in [0.05, 0.1) is 5.52 Å². The highest BCUT2D eigenvalue weighted by molar-refractivity contribution is 5.95. The van der Waals surface area contributed by atoms with Crippen LogP contribution in [0.15, 0.2) is 51.7 Å². The van der Waals surface area contributed by atoms with Gasteiger partial charge in [-0.05, 0) is 42.0 Å². The predicted molar refractivity (Wildman–Crippen MR) is 88.8 cm³/mol. The topological polar surface area (TPSA) is 104 Å². The van der Waals surface area contributed by atoms with E-state index < -0.39 is 5.76 Å². The minimum absolute atomic E-state index is 0.167. The first-order valence-corrected chi connectivity index (χ1v) is 7.29. The normalized spacial score (nSPS) is 10.5. The molecular weight excluding hydrogens is 310 g/mol.